The lowest BCUT2D eigenvalue weighted by atomic mass is 10.3. The topological polar surface area (TPSA) is 59.4 Å². The van der Waals surface area contributed by atoms with Crippen molar-refractivity contribution in [2.24, 2.45) is 0 Å². The summed E-state index contributed by atoms with van der Waals surface area (Å²) in [6.07, 6.45) is 0. The normalized spacial score (nSPS) is 9.64. The van der Waals surface area contributed by atoms with E-state index in [1.54, 1.807) is 5.38 Å². The van der Waals surface area contributed by atoms with Gasteiger partial charge in [-0.2, -0.15) is 4.37 Å². The summed E-state index contributed by atoms with van der Waals surface area (Å²) in [4.78, 5) is 10.9. The molecule has 0 amide bonds. The highest BCUT2D eigenvalue weighted by Gasteiger charge is 2.12. The Morgan fingerprint density at radius 3 is 3.18 bits per heavy atom. The van der Waals surface area contributed by atoms with Crippen molar-refractivity contribution in [2.45, 2.75) is 6.61 Å². The van der Waals surface area contributed by atoms with E-state index in [0.29, 0.717) is 11.3 Å². The number of nitrogens with zero attached hydrogens (tertiary/aromatic N) is 1. The Balaban J connectivity index is 2.92. The monoisotopic (exact) mass is 173 g/mol. The predicted molar refractivity (Wildman–Crippen MR) is 39.4 cm³/mol. The highest BCUT2D eigenvalue weighted by molar-refractivity contribution is 7.03. The molecule has 0 unspecified atom stereocenters. The molecule has 1 aromatic heterocycles. The fraction of sp³-hybridized carbons (Fsp3) is 0.333. The van der Waals surface area contributed by atoms with Crippen LogP contribution in [0.4, 0.5) is 0 Å². The molecular weight excluding hydrogens is 166 g/mol. The average Bonchev–Trinajstić information content (AvgIpc) is 2.50. The van der Waals surface area contributed by atoms with E-state index in [4.69, 9.17) is 5.11 Å². The van der Waals surface area contributed by atoms with Gasteiger partial charge in [-0.3, -0.25) is 0 Å². The predicted octanol–water partition coefficient (Wildman–Crippen LogP) is 0.422. The van der Waals surface area contributed by atoms with Crippen molar-refractivity contribution >= 4 is 17.5 Å². The van der Waals surface area contributed by atoms with Crippen molar-refractivity contribution in [2.75, 3.05) is 7.11 Å². The smallest absolute Gasteiger partial charge is 0.340 e. The van der Waals surface area contributed by atoms with E-state index < -0.39 is 5.97 Å². The zero-order chi connectivity index (χ0) is 8.27. The Kier molecular flexibility index (Phi) is 2.56. The zero-order valence-electron chi connectivity index (χ0n) is 5.90. The number of aromatic nitrogens is 1. The second kappa shape index (κ2) is 3.45. The molecule has 0 radical (unpaired) electrons. The highest BCUT2D eigenvalue weighted by atomic mass is 32.1. The summed E-state index contributed by atoms with van der Waals surface area (Å²) in [6.45, 7) is -0.228. The minimum absolute atomic E-state index is 0.228. The first kappa shape index (κ1) is 8.16. The van der Waals surface area contributed by atoms with Crippen LogP contribution in [0.2, 0.25) is 0 Å². The Hall–Kier alpha value is -0.940. The van der Waals surface area contributed by atoms with E-state index in [-0.39, 0.29) is 6.61 Å². The van der Waals surface area contributed by atoms with E-state index in [0.717, 1.165) is 11.5 Å². The molecule has 0 saturated heterocycles. The van der Waals surface area contributed by atoms with Crippen LogP contribution in [0.5, 0.6) is 0 Å². The van der Waals surface area contributed by atoms with E-state index in [1.807, 2.05) is 0 Å². The fourth-order valence-corrected chi connectivity index (χ4v) is 1.32. The maximum Gasteiger partial charge on any atom is 0.340 e. The van der Waals surface area contributed by atoms with E-state index in [1.165, 1.54) is 7.11 Å². The minimum Gasteiger partial charge on any atom is -0.465 e. The third-order valence-electron chi connectivity index (χ3n) is 1.20. The van der Waals surface area contributed by atoms with Crippen molar-refractivity contribution in [3.05, 3.63) is 16.6 Å². The molecule has 5 heteroatoms. The van der Waals surface area contributed by atoms with Crippen LogP contribution >= 0.6 is 11.5 Å². The first-order valence-corrected chi connectivity index (χ1v) is 3.75. The molecule has 1 aromatic rings. The maximum atomic E-state index is 10.9. The summed E-state index contributed by atoms with van der Waals surface area (Å²) < 4.78 is 8.25. The first-order valence-electron chi connectivity index (χ1n) is 2.92. The molecular formula is C6H7NO3S. The number of hydrogen-bond acceptors (Lipinski definition) is 5. The Labute approximate surface area is 67.6 Å². The van der Waals surface area contributed by atoms with Crippen molar-refractivity contribution in [3.63, 3.8) is 0 Å². The van der Waals surface area contributed by atoms with Crippen LogP contribution in [-0.2, 0) is 11.3 Å². The SMILES string of the molecule is COC(=O)c1csnc1CO. The van der Waals surface area contributed by atoms with Crippen molar-refractivity contribution in [3.8, 4) is 0 Å². The summed E-state index contributed by atoms with van der Waals surface area (Å²) in [5.74, 6) is -0.456. The van der Waals surface area contributed by atoms with Crippen LogP contribution in [-0.4, -0.2) is 22.6 Å². The zero-order valence-corrected chi connectivity index (χ0v) is 6.72. The second-order valence-electron chi connectivity index (χ2n) is 1.82. The van der Waals surface area contributed by atoms with Gasteiger partial charge in [-0.25, -0.2) is 4.79 Å². The van der Waals surface area contributed by atoms with Gasteiger partial charge in [0.1, 0.15) is 0 Å². The number of carbonyl (C=O) groups is 1. The summed E-state index contributed by atoms with van der Waals surface area (Å²) in [6, 6.07) is 0. The number of ether oxygens (including phenoxy) is 1. The molecule has 4 nitrogen and oxygen atoms in total. The van der Waals surface area contributed by atoms with Crippen LogP contribution < -0.4 is 0 Å². The molecule has 0 fully saturated rings. The third-order valence-corrected chi connectivity index (χ3v) is 1.87. The van der Waals surface area contributed by atoms with E-state index in [2.05, 4.69) is 9.11 Å². The maximum absolute atomic E-state index is 10.9. The molecule has 1 rings (SSSR count). The molecule has 0 atom stereocenters. The Morgan fingerprint density at radius 1 is 1.91 bits per heavy atom. The number of methoxy groups -OCH3 is 1. The number of esters is 1. The molecule has 0 saturated carbocycles. The standard InChI is InChI=1S/C6H7NO3S/c1-10-6(9)4-3-11-7-5(4)2-8/h3,8H,2H2,1H3. The molecule has 1 heterocycles. The Bertz CT molecular complexity index is 258. The number of carbonyl (C=O) groups excluding carboxylic acids is 1. The number of aliphatic hydroxyl groups excluding tert-OH is 1. The molecule has 0 bridgehead atoms. The van der Waals surface area contributed by atoms with Crippen molar-refractivity contribution < 1.29 is 14.6 Å². The van der Waals surface area contributed by atoms with Gasteiger partial charge in [0.05, 0.1) is 25.0 Å². The minimum atomic E-state index is -0.456. The summed E-state index contributed by atoms with van der Waals surface area (Å²) in [5.41, 5.74) is 0.724. The van der Waals surface area contributed by atoms with Crippen LogP contribution in [0.15, 0.2) is 5.38 Å². The Morgan fingerprint density at radius 2 is 2.64 bits per heavy atom. The lowest BCUT2D eigenvalue weighted by Gasteiger charge is -1.95. The molecule has 1 N–H and O–H groups in total. The number of hydrogen-bond donors (Lipinski definition) is 1. The fourth-order valence-electron chi connectivity index (χ4n) is 0.650. The largest absolute Gasteiger partial charge is 0.465 e. The molecule has 0 spiro atoms. The van der Waals surface area contributed by atoms with Gasteiger partial charge < -0.3 is 9.84 Å². The van der Waals surface area contributed by atoms with Gasteiger partial charge >= 0.3 is 5.97 Å². The summed E-state index contributed by atoms with van der Waals surface area (Å²) in [5, 5.41) is 10.2. The quantitative estimate of drug-likeness (QED) is 0.658. The van der Waals surface area contributed by atoms with Gasteiger partial charge in [0, 0.05) is 5.38 Å². The average molecular weight is 173 g/mol. The summed E-state index contributed by atoms with van der Waals surface area (Å²) in [7, 11) is 1.29. The molecule has 0 aromatic carbocycles. The van der Waals surface area contributed by atoms with E-state index in [9.17, 15) is 4.79 Å². The van der Waals surface area contributed by atoms with Crippen LogP contribution in [0.3, 0.4) is 0 Å². The lowest BCUT2D eigenvalue weighted by molar-refractivity contribution is 0.0597. The lowest BCUT2D eigenvalue weighted by Crippen LogP contribution is -2.03. The van der Waals surface area contributed by atoms with Crippen molar-refractivity contribution in [1.29, 1.82) is 0 Å². The summed E-state index contributed by atoms with van der Waals surface area (Å²) >= 11 is 1.12. The molecule has 0 aliphatic carbocycles. The van der Waals surface area contributed by atoms with Gasteiger partial charge in [0.15, 0.2) is 0 Å². The number of aliphatic hydroxyl groups is 1. The van der Waals surface area contributed by atoms with Crippen LogP contribution in [0, 0.1) is 0 Å². The van der Waals surface area contributed by atoms with Gasteiger partial charge in [0.25, 0.3) is 0 Å². The third kappa shape index (κ3) is 1.55. The highest BCUT2D eigenvalue weighted by Crippen LogP contribution is 2.11. The van der Waals surface area contributed by atoms with Crippen molar-refractivity contribution in [1.82, 2.24) is 4.37 Å². The van der Waals surface area contributed by atoms with Gasteiger partial charge in [-0.1, -0.05) is 0 Å². The van der Waals surface area contributed by atoms with Gasteiger partial charge in [-0.15, -0.1) is 0 Å². The first-order chi connectivity index (χ1) is 5.29. The number of rotatable bonds is 2. The molecule has 0 aliphatic rings. The van der Waals surface area contributed by atoms with Crippen LogP contribution in [0.1, 0.15) is 16.1 Å². The molecule has 0 aliphatic heterocycles. The van der Waals surface area contributed by atoms with Gasteiger partial charge in [0.2, 0.25) is 0 Å². The molecule has 11 heavy (non-hydrogen) atoms. The van der Waals surface area contributed by atoms with E-state index >= 15 is 0 Å². The van der Waals surface area contributed by atoms with Crippen LogP contribution in [0.25, 0.3) is 0 Å². The van der Waals surface area contributed by atoms with Gasteiger partial charge in [-0.05, 0) is 11.5 Å². The molecule has 60 valence electrons. The second-order valence-corrected chi connectivity index (χ2v) is 2.45.